The van der Waals surface area contributed by atoms with Crippen molar-refractivity contribution in [2.24, 2.45) is 0 Å². The van der Waals surface area contributed by atoms with Gasteiger partial charge in [-0.3, -0.25) is 0 Å². The van der Waals surface area contributed by atoms with Gasteiger partial charge in [-0.15, -0.1) is 0 Å². The molecule has 1 aliphatic carbocycles. The summed E-state index contributed by atoms with van der Waals surface area (Å²) >= 11 is 0. The monoisotopic (exact) mass is 805 g/mol. The number of fused-ring (bicyclic) bond motifs is 7. The Morgan fingerprint density at radius 1 is 0.317 bits per heavy atom. The van der Waals surface area contributed by atoms with Crippen LogP contribution in [0.25, 0.3) is 88.3 Å². The quantitative estimate of drug-likeness (QED) is 0.160. The molecule has 0 amide bonds. The fourth-order valence-electron chi connectivity index (χ4n) is 9.88. The maximum atomic E-state index is 6.20. The highest BCUT2D eigenvalue weighted by atomic mass is 16.3. The molecule has 298 valence electrons. The van der Waals surface area contributed by atoms with E-state index in [1.54, 1.807) is 0 Å². The van der Waals surface area contributed by atoms with Crippen molar-refractivity contribution in [1.29, 1.82) is 0 Å². The first-order valence-corrected chi connectivity index (χ1v) is 21.8. The SMILES string of the molecule is CC1(C)c2cc(-c3ccc4ccccc4c3)ccc2-c2ccc(N(c3ccc(-c4ccc(-c5ccccc5)cc4)cc3)c3cccc(-c4ccc5oc6ccccc6c5c4)c3)cc21. The average molecular weight is 806 g/mol. The van der Waals surface area contributed by atoms with Crippen LogP contribution in [0, 0.1) is 0 Å². The summed E-state index contributed by atoms with van der Waals surface area (Å²) in [6.07, 6.45) is 0. The Hall–Kier alpha value is -7.94. The van der Waals surface area contributed by atoms with Crippen molar-refractivity contribution < 1.29 is 4.42 Å². The number of rotatable bonds is 7. The van der Waals surface area contributed by atoms with Crippen LogP contribution in [-0.2, 0) is 5.41 Å². The average Bonchev–Trinajstić information content (AvgIpc) is 3.82. The lowest BCUT2D eigenvalue weighted by molar-refractivity contribution is 0.660. The summed E-state index contributed by atoms with van der Waals surface area (Å²) in [5.41, 5.74) is 19.8. The zero-order valence-electron chi connectivity index (χ0n) is 35.2. The van der Waals surface area contributed by atoms with E-state index in [1.807, 2.05) is 12.1 Å². The van der Waals surface area contributed by atoms with Crippen molar-refractivity contribution in [3.63, 3.8) is 0 Å². The molecule has 2 nitrogen and oxygen atoms in total. The predicted octanol–water partition coefficient (Wildman–Crippen LogP) is 17.2. The summed E-state index contributed by atoms with van der Waals surface area (Å²) in [6, 6.07) is 81.8. The Balaban J connectivity index is 0.945. The summed E-state index contributed by atoms with van der Waals surface area (Å²) in [5.74, 6) is 0. The van der Waals surface area contributed by atoms with Gasteiger partial charge in [0.25, 0.3) is 0 Å². The number of furan rings is 1. The maximum Gasteiger partial charge on any atom is 0.135 e. The third-order valence-corrected chi connectivity index (χ3v) is 13.3. The minimum atomic E-state index is -0.209. The number of nitrogens with zero attached hydrogens (tertiary/aromatic N) is 1. The Kier molecular flexibility index (Phi) is 8.55. The van der Waals surface area contributed by atoms with Gasteiger partial charge < -0.3 is 9.32 Å². The molecule has 0 N–H and O–H groups in total. The number of para-hydroxylation sites is 1. The first kappa shape index (κ1) is 36.9. The molecule has 0 aliphatic heterocycles. The van der Waals surface area contributed by atoms with Crippen LogP contribution in [0.2, 0.25) is 0 Å². The molecule has 2 heteroatoms. The zero-order chi connectivity index (χ0) is 42.1. The highest BCUT2D eigenvalue weighted by Gasteiger charge is 2.36. The third-order valence-electron chi connectivity index (χ3n) is 13.3. The zero-order valence-corrected chi connectivity index (χ0v) is 35.2. The summed E-state index contributed by atoms with van der Waals surface area (Å²) in [5, 5.41) is 4.78. The first-order valence-electron chi connectivity index (χ1n) is 21.8. The third kappa shape index (κ3) is 6.34. The fourth-order valence-corrected chi connectivity index (χ4v) is 9.88. The van der Waals surface area contributed by atoms with E-state index >= 15 is 0 Å². The maximum absolute atomic E-state index is 6.20. The smallest absolute Gasteiger partial charge is 0.135 e. The van der Waals surface area contributed by atoms with Gasteiger partial charge in [0.05, 0.1) is 0 Å². The highest BCUT2D eigenvalue weighted by molar-refractivity contribution is 6.06. The Morgan fingerprint density at radius 2 is 0.825 bits per heavy atom. The minimum absolute atomic E-state index is 0.209. The lowest BCUT2D eigenvalue weighted by Gasteiger charge is -2.28. The summed E-state index contributed by atoms with van der Waals surface area (Å²) in [4.78, 5) is 2.41. The predicted molar refractivity (Wildman–Crippen MR) is 265 cm³/mol. The molecule has 63 heavy (non-hydrogen) atoms. The summed E-state index contributed by atoms with van der Waals surface area (Å²) in [6.45, 7) is 4.76. The normalized spacial score (nSPS) is 12.7. The van der Waals surface area contributed by atoms with Crippen molar-refractivity contribution in [2.75, 3.05) is 4.90 Å². The van der Waals surface area contributed by atoms with Gasteiger partial charge in [0.15, 0.2) is 0 Å². The van der Waals surface area contributed by atoms with Crippen molar-refractivity contribution in [1.82, 2.24) is 0 Å². The molecule has 1 aliphatic rings. The Labute approximate surface area is 368 Å². The lowest BCUT2D eigenvalue weighted by Crippen LogP contribution is -2.16. The van der Waals surface area contributed by atoms with Gasteiger partial charge in [0.1, 0.15) is 11.2 Å². The fraction of sp³-hybridized carbons (Fsp3) is 0.0492. The molecule has 0 spiro atoms. The van der Waals surface area contributed by atoms with E-state index in [-0.39, 0.29) is 5.41 Å². The van der Waals surface area contributed by atoms with Crippen LogP contribution in [0.15, 0.2) is 229 Å². The molecule has 0 radical (unpaired) electrons. The van der Waals surface area contributed by atoms with Gasteiger partial charge in [-0.25, -0.2) is 0 Å². The summed E-state index contributed by atoms with van der Waals surface area (Å²) in [7, 11) is 0. The van der Waals surface area contributed by atoms with E-state index in [1.165, 1.54) is 66.4 Å². The second kappa shape index (κ2) is 14.6. The van der Waals surface area contributed by atoms with Gasteiger partial charge in [0, 0.05) is 33.2 Å². The van der Waals surface area contributed by atoms with Gasteiger partial charge >= 0.3 is 0 Å². The summed E-state index contributed by atoms with van der Waals surface area (Å²) < 4.78 is 6.20. The van der Waals surface area contributed by atoms with E-state index < -0.39 is 0 Å². The molecule has 10 aromatic carbocycles. The Morgan fingerprint density at radius 3 is 1.62 bits per heavy atom. The van der Waals surface area contributed by atoms with Crippen molar-refractivity contribution in [3.05, 3.63) is 236 Å². The molecule has 1 aromatic heterocycles. The minimum Gasteiger partial charge on any atom is -0.456 e. The van der Waals surface area contributed by atoms with Crippen LogP contribution in [0.3, 0.4) is 0 Å². The van der Waals surface area contributed by atoms with E-state index in [0.717, 1.165) is 50.1 Å². The van der Waals surface area contributed by atoms with Gasteiger partial charge in [-0.05, 0) is 144 Å². The topological polar surface area (TPSA) is 16.4 Å². The largest absolute Gasteiger partial charge is 0.456 e. The molecule has 0 saturated heterocycles. The van der Waals surface area contributed by atoms with Gasteiger partial charge in [0.2, 0.25) is 0 Å². The second-order valence-electron chi connectivity index (χ2n) is 17.4. The molecule has 0 atom stereocenters. The molecule has 12 rings (SSSR count). The van der Waals surface area contributed by atoms with E-state index in [4.69, 9.17) is 4.42 Å². The first-order chi connectivity index (χ1) is 30.9. The van der Waals surface area contributed by atoms with Crippen molar-refractivity contribution >= 4 is 49.8 Å². The van der Waals surface area contributed by atoms with Crippen molar-refractivity contribution in [3.8, 4) is 55.6 Å². The van der Waals surface area contributed by atoms with Crippen LogP contribution in [0.1, 0.15) is 25.0 Å². The van der Waals surface area contributed by atoms with Crippen LogP contribution in [0.4, 0.5) is 17.1 Å². The number of anilines is 3. The van der Waals surface area contributed by atoms with Crippen molar-refractivity contribution in [2.45, 2.75) is 19.3 Å². The lowest BCUT2D eigenvalue weighted by atomic mass is 9.81. The molecular formula is C61H43NO. The number of benzene rings is 10. The highest BCUT2D eigenvalue weighted by Crippen LogP contribution is 2.52. The van der Waals surface area contributed by atoms with Crippen LogP contribution < -0.4 is 4.90 Å². The molecule has 0 saturated carbocycles. The molecule has 1 heterocycles. The van der Waals surface area contributed by atoms with Gasteiger partial charge in [-0.2, -0.15) is 0 Å². The molecule has 0 bridgehead atoms. The number of hydrogen-bond acceptors (Lipinski definition) is 2. The second-order valence-corrected chi connectivity index (χ2v) is 17.4. The van der Waals surface area contributed by atoms with E-state index in [2.05, 4.69) is 231 Å². The van der Waals surface area contributed by atoms with Crippen LogP contribution in [-0.4, -0.2) is 0 Å². The molecule has 11 aromatic rings. The van der Waals surface area contributed by atoms with Gasteiger partial charge in [-0.1, -0.05) is 172 Å². The molecule has 0 fully saturated rings. The number of hydrogen-bond donors (Lipinski definition) is 0. The van der Waals surface area contributed by atoms with Crippen LogP contribution in [0.5, 0.6) is 0 Å². The van der Waals surface area contributed by atoms with Crippen LogP contribution >= 0.6 is 0 Å². The Bertz CT molecular complexity index is 3520. The molecule has 0 unspecified atom stereocenters. The van der Waals surface area contributed by atoms with E-state index in [0.29, 0.717) is 0 Å². The molecular weight excluding hydrogens is 763 g/mol. The standard InChI is InChI=1S/C61H43NO/c1-61(2)57-38-49(47-24-23-41-13-6-7-14-45(41)35-47)27-32-53(57)54-33-31-52(39-58(54)61)62(50-29-25-44(26-30-50)43-21-19-42(20-22-43)40-11-4-3-5-12-40)51-16-10-15-46(36-51)48-28-34-60-56(37-48)55-17-8-9-18-59(55)63-60/h3-39H,1-2H3. The van der Waals surface area contributed by atoms with E-state index in [9.17, 15) is 0 Å².